The summed E-state index contributed by atoms with van der Waals surface area (Å²) in [6, 6.07) is 13.4. The fourth-order valence-corrected chi connectivity index (χ4v) is 3.98. The highest BCUT2D eigenvalue weighted by Crippen LogP contribution is 2.28. The van der Waals surface area contributed by atoms with E-state index in [1.807, 2.05) is 30.5 Å². The Kier molecular flexibility index (Phi) is 5.36. The number of nitrogens with one attached hydrogen (secondary N) is 1. The second kappa shape index (κ2) is 8.08. The van der Waals surface area contributed by atoms with E-state index in [1.165, 1.54) is 12.1 Å². The molecule has 4 rings (SSSR count). The highest BCUT2D eigenvalue weighted by atomic mass is 32.1. The van der Waals surface area contributed by atoms with E-state index in [4.69, 9.17) is 4.74 Å². The van der Waals surface area contributed by atoms with Crippen molar-refractivity contribution in [3.63, 3.8) is 0 Å². The van der Waals surface area contributed by atoms with Gasteiger partial charge in [0.1, 0.15) is 16.9 Å². The molecule has 1 saturated heterocycles. The summed E-state index contributed by atoms with van der Waals surface area (Å²) in [4.78, 5) is 19.5. The van der Waals surface area contributed by atoms with E-state index in [-0.39, 0.29) is 17.8 Å². The minimum Gasteiger partial charge on any atom is -0.367 e. The number of aryl methyl sites for hydroxylation is 1. The summed E-state index contributed by atoms with van der Waals surface area (Å²) in [5.74, 6) is -0.363. The summed E-state index contributed by atoms with van der Waals surface area (Å²) in [6.07, 6.45) is -0.200. The van der Waals surface area contributed by atoms with Gasteiger partial charge in [0, 0.05) is 23.3 Å². The van der Waals surface area contributed by atoms with Gasteiger partial charge in [-0.25, -0.2) is 9.37 Å². The molecule has 7 heteroatoms. The van der Waals surface area contributed by atoms with Crippen molar-refractivity contribution in [3.8, 4) is 0 Å². The highest BCUT2D eigenvalue weighted by molar-refractivity contribution is 7.09. The Balaban J connectivity index is 1.53. The molecule has 0 aliphatic carbocycles. The molecular formula is C21H20FN3O2S. The summed E-state index contributed by atoms with van der Waals surface area (Å²) in [5, 5.41) is 6.09. The van der Waals surface area contributed by atoms with E-state index in [2.05, 4.69) is 10.3 Å². The van der Waals surface area contributed by atoms with Crippen LogP contribution in [0.4, 0.5) is 15.8 Å². The number of aromatic nitrogens is 1. The minimum absolute atomic E-state index is 0.0632. The molecule has 2 heterocycles. The van der Waals surface area contributed by atoms with Crippen molar-refractivity contribution >= 4 is 28.6 Å². The Morgan fingerprint density at radius 1 is 1.25 bits per heavy atom. The number of hydrogen-bond donors (Lipinski definition) is 1. The molecule has 0 bridgehead atoms. The Morgan fingerprint density at radius 2 is 2.04 bits per heavy atom. The van der Waals surface area contributed by atoms with Gasteiger partial charge in [-0.3, -0.25) is 4.79 Å². The lowest BCUT2D eigenvalue weighted by molar-refractivity contribution is -0.0229. The molecular weight excluding hydrogens is 377 g/mol. The van der Waals surface area contributed by atoms with Gasteiger partial charge in [0.25, 0.3) is 5.91 Å². The molecule has 1 N–H and O–H groups in total. The molecule has 28 heavy (non-hydrogen) atoms. The summed E-state index contributed by atoms with van der Waals surface area (Å²) >= 11 is 1.55. The van der Waals surface area contributed by atoms with Gasteiger partial charge < -0.3 is 15.0 Å². The van der Waals surface area contributed by atoms with Crippen LogP contribution in [0.15, 0.2) is 53.9 Å². The number of carbonyl (C=O) groups is 1. The lowest BCUT2D eigenvalue weighted by Crippen LogP contribution is -2.42. The maximum Gasteiger partial charge on any atom is 0.256 e. The molecule has 1 fully saturated rings. The number of para-hydroxylation sites is 1. The molecule has 1 aliphatic rings. The van der Waals surface area contributed by atoms with Crippen LogP contribution >= 0.6 is 11.3 Å². The Labute approximate surface area is 166 Å². The van der Waals surface area contributed by atoms with E-state index in [0.717, 1.165) is 16.4 Å². The quantitative estimate of drug-likeness (QED) is 0.702. The third-order valence-electron chi connectivity index (χ3n) is 4.55. The first-order chi connectivity index (χ1) is 13.6. The number of carbonyl (C=O) groups excluding carboxylic acids is 1. The fraction of sp³-hybridized carbons (Fsp3) is 0.238. The Morgan fingerprint density at radius 3 is 2.79 bits per heavy atom. The van der Waals surface area contributed by atoms with Crippen LogP contribution in [0, 0.1) is 12.7 Å². The number of rotatable bonds is 4. The molecule has 1 aliphatic heterocycles. The van der Waals surface area contributed by atoms with Gasteiger partial charge >= 0.3 is 0 Å². The lowest BCUT2D eigenvalue weighted by Gasteiger charge is -2.32. The van der Waals surface area contributed by atoms with Crippen LogP contribution in [-0.4, -0.2) is 35.5 Å². The standard InChI is InChI=1S/C21H20FN3O2S/c1-14-13-28-20(23-14)19-12-25(10-11-27-19)21(26)17-4-2-3-5-18(17)24-16-8-6-15(22)7-9-16/h2-9,13,19,24H,10-12H2,1H3. The van der Waals surface area contributed by atoms with Crippen LogP contribution in [0.3, 0.4) is 0 Å². The minimum atomic E-state index is -0.299. The predicted molar refractivity (Wildman–Crippen MR) is 108 cm³/mol. The number of halogens is 1. The monoisotopic (exact) mass is 397 g/mol. The SMILES string of the molecule is Cc1csc(C2CN(C(=O)c3ccccc3Nc3ccc(F)cc3)CCO2)n1. The number of nitrogens with zero attached hydrogens (tertiary/aromatic N) is 2. The third kappa shape index (κ3) is 4.05. The topological polar surface area (TPSA) is 54.5 Å². The van der Waals surface area contributed by atoms with Crippen LogP contribution in [0.1, 0.15) is 27.2 Å². The number of ether oxygens (including phenoxy) is 1. The maximum absolute atomic E-state index is 13.2. The third-order valence-corrected chi connectivity index (χ3v) is 5.60. The number of anilines is 2. The van der Waals surface area contributed by atoms with Gasteiger partial charge in [0.2, 0.25) is 0 Å². The van der Waals surface area contributed by atoms with Crippen LogP contribution < -0.4 is 5.32 Å². The molecule has 3 aromatic rings. The van der Waals surface area contributed by atoms with Crippen molar-refractivity contribution < 1.29 is 13.9 Å². The second-order valence-corrected chi connectivity index (χ2v) is 7.50. The van der Waals surface area contributed by atoms with Crippen LogP contribution in [-0.2, 0) is 4.74 Å². The van der Waals surface area contributed by atoms with E-state index in [0.29, 0.717) is 30.9 Å². The average Bonchev–Trinajstić information content (AvgIpc) is 3.16. The number of hydrogen-bond acceptors (Lipinski definition) is 5. The Hall–Kier alpha value is -2.77. The van der Waals surface area contributed by atoms with Gasteiger partial charge in [-0.2, -0.15) is 0 Å². The van der Waals surface area contributed by atoms with Gasteiger partial charge in [-0.05, 0) is 43.3 Å². The maximum atomic E-state index is 13.2. The van der Waals surface area contributed by atoms with Crippen LogP contribution in [0.25, 0.3) is 0 Å². The Bertz CT molecular complexity index is 974. The molecule has 1 atom stereocenters. The lowest BCUT2D eigenvalue weighted by atomic mass is 10.1. The number of amides is 1. The number of thiazole rings is 1. The molecule has 0 radical (unpaired) electrons. The number of morpholine rings is 1. The molecule has 144 valence electrons. The molecule has 1 aromatic heterocycles. The zero-order valence-electron chi connectivity index (χ0n) is 15.4. The number of benzene rings is 2. The van der Waals surface area contributed by atoms with Crippen molar-refractivity contribution in [3.05, 3.63) is 76.0 Å². The zero-order chi connectivity index (χ0) is 19.5. The second-order valence-electron chi connectivity index (χ2n) is 6.62. The highest BCUT2D eigenvalue weighted by Gasteiger charge is 2.28. The van der Waals surface area contributed by atoms with Gasteiger partial charge in [0.15, 0.2) is 0 Å². The van der Waals surface area contributed by atoms with E-state index >= 15 is 0 Å². The molecule has 2 aromatic carbocycles. The predicted octanol–water partition coefficient (Wildman–Crippen LogP) is 4.55. The summed E-state index contributed by atoms with van der Waals surface area (Å²) in [7, 11) is 0. The molecule has 1 amide bonds. The van der Waals surface area contributed by atoms with Crippen LogP contribution in [0.2, 0.25) is 0 Å². The average molecular weight is 397 g/mol. The largest absolute Gasteiger partial charge is 0.367 e. The summed E-state index contributed by atoms with van der Waals surface area (Å²) in [5.41, 5.74) is 2.94. The van der Waals surface area contributed by atoms with Crippen molar-refractivity contribution in [2.75, 3.05) is 25.0 Å². The van der Waals surface area contributed by atoms with Crippen LogP contribution in [0.5, 0.6) is 0 Å². The fourth-order valence-electron chi connectivity index (χ4n) is 3.14. The van der Waals surface area contributed by atoms with Crippen molar-refractivity contribution in [1.82, 2.24) is 9.88 Å². The summed E-state index contributed by atoms with van der Waals surface area (Å²) in [6.45, 7) is 3.42. The zero-order valence-corrected chi connectivity index (χ0v) is 16.2. The molecule has 1 unspecified atom stereocenters. The van der Waals surface area contributed by atoms with Gasteiger partial charge in [0.05, 0.1) is 24.4 Å². The summed E-state index contributed by atoms with van der Waals surface area (Å²) < 4.78 is 19.0. The van der Waals surface area contributed by atoms with E-state index < -0.39 is 0 Å². The van der Waals surface area contributed by atoms with E-state index in [1.54, 1.807) is 34.4 Å². The van der Waals surface area contributed by atoms with Gasteiger partial charge in [-0.15, -0.1) is 11.3 Å². The first-order valence-corrected chi connectivity index (χ1v) is 9.92. The first-order valence-electron chi connectivity index (χ1n) is 9.04. The van der Waals surface area contributed by atoms with Crippen molar-refractivity contribution in [1.29, 1.82) is 0 Å². The van der Waals surface area contributed by atoms with Crippen molar-refractivity contribution in [2.24, 2.45) is 0 Å². The van der Waals surface area contributed by atoms with Crippen molar-refractivity contribution in [2.45, 2.75) is 13.0 Å². The molecule has 0 saturated carbocycles. The first kappa shape index (κ1) is 18.6. The molecule has 5 nitrogen and oxygen atoms in total. The van der Waals surface area contributed by atoms with Gasteiger partial charge in [-0.1, -0.05) is 12.1 Å². The van der Waals surface area contributed by atoms with E-state index in [9.17, 15) is 9.18 Å². The smallest absolute Gasteiger partial charge is 0.256 e. The normalized spacial score (nSPS) is 16.8. The molecule has 0 spiro atoms.